The van der Waals surface area contributed by atoms with E-state index in [9.17, 15) is 14.7 Å². The number of hydrogen-bond acceptors (Lipinski definition) is 5. The minimum absolute atomic E-state index is 0.729. The average molecular weight is 147 g/mol. The largest absolute Gasteiger partial charge is 0.550 e. The van der Waals surface area contributed by atoms with Crippen molar-refractivity contribution in [3.63, 3.8) is 0 Å². The van der Waals surface area contributed by atoms with Crippen LogP contribution in [-0.4, -0.2) is 30.3 Å². The van der Waals surface area contributed by atoms with Crippen molar-refractivity contribution in [2.24, 2.45) is 0 Å². The van der Waals surface area contributed by atoms with E-state index in [-0.39, 0.29) is 0 Å². The van der Waals surface area contributed by atoms with Crippen molar-refractivity contribution < 1.29 is 24.5 Å². The van der Waals surface area contributed by atoms with Crippen LogP contribution in [0.4, 0.5) is 0 Å². The Morgan fingerprint density at radius 2 is 2.20 bits per heavy atom. The Balaban J connectivity index is 3.72. The Kier molecular flexibility index (Phi) is 3.42. The molecule has 10 heavy (non-hydrogen) atoms. The number of carbonyl (C=O) groups excluding carboxylic acids is 2. The lowest BCUT2D eigenvalue weighted by atomic mass is 10.3. The van der Waals surface area contributed by atoms with Gasteiger partial charge in [-0.2, -0.15) is 0 Å². The van der Waals surface area contributed by atoms with Crippen molar-refractivity contribution in [2.75, 3.05) is 7.11 Å². The maximum absolute atomic E-state index is 10.3. The molecular formula is C5H7O5-. The molecule has 1 N–H and O–H groups in total. The zero-order valence-electron chi connectivity index (χ0n) is 5.36. The molecule has 5 nitrogen and oxygen atoms in total. The van der Waals surface area contributed by atoms with Crippen LogP contribution in [0.3, 0.4) is 0 Å². The Labute approximate surface area is 57.2 Å². The molecule has 0 fully saturated rings. The Hall–Kier alpha value is -1.10. The molecule has 0 aliphatic heterocycles. The van der Waals surface area contributed by atoms with E-state index in [0.717, 1.165) is 7.11 Å². The molecule has 0 aromatic heterocycles. The van der Waals surface area contributed by atoms with E-state index in [0.29, 0.717) is 0 Å². The van der Waals surface area contributed by atoms with Gasteiger partial charge in [0.15, 0.2) is 6.10 Å². The fraction of sp³-hybridized carbons (Fsp3) is 0.600. The van der Waals surface area contributed by atoms with Gasteiger partial charge in [0, 0.05) is 12.4 Å². The number of methoxy groups -OCH3 is 1. The number of aliphatic hydroxyl groups excluding tert-OH is 1. The Morgan fingerprint density at radius 1 is 1.70 bits per heavy atom. The van der Waals surface area contributed by atoms with E-state index in [2.05, 4.69) is 4.74 Å². The van der Waals surface area contributed by atoms with E-state index in [4.69, 9.17) is 5.11 Å². The maximum Gasteiger partial charge on any atom is 0.335 e. The third kappa shape index (κ3) is 3.03. The lowest BCUT2D eigenvalue weighted by Gasteiger charge is -2.07. The van der Waals surface area contributed by atoms with E-state index in [1.54, 1.807) is 0 Å². The molecule has 0 unspecified atom stereocenters. The van der Waals surface area contributed by atoms with Crippen LogP contribution in [0.25, 0.3) is 0 Å². The van der Waals surface area contributed by atoms with Crippen molar-refractivity contribution in [3.8, 4) is 0 Å². The zero-order valence-corrected chi connectivity index (χ0v) is 5.36. The number of hydrogen-bond donors (Lipinski definition) is 1. The summed E-state index contributed by atoms with van der Waals surface area (Å²) in [4.78, 5) is 20.0. The van der Waals surface area contributed by atoms with Gasteiger partial charge in [0.05, 0.1) is 7.11 Å². The molecule has 0 radical (unpaired) electrons. The summed E-state index contributed by atoms with van der Waals surface area (Å²) < 4.78 is 4.03. The topological polar surface area (TPSA) is 86.7 Å². The fourth-order valence-electron chi connectivity index (χ4n) is 0.377. The molecule has 0 aromatic carbocycles. The predicted molar refractivity (Wildman–Crippen MR) is 27.6 cm³/mol. The minimum Gasteiger partial charge on any atom is -0.550 e. The summed E-state index contributed by atoms with van der Waals surface area (Å²) in [6.07, 6.45) is -2.35. The highest BCUT2D eigenvalue weighted by atomic mass is 16.5. The van der Waals surface area contributed by atoms with Crippen LogP contribution in [0.1, 0.15) is 6.42 Å². The first-order valence-electron chi connectivity index (χ1n) is 2.53. The summed E-state index contributed by atoms with van der Waals surface area (Å²) in [6, 6.07) is 0. The standard InChI is InChI=1S/C5H8O5/c1-10-5(9)3(6)2-4(7)8/h3,6H,2H2,1H3,(H,7,8)/p-1/t3-/m0/s1. The van der Waals surface area contributed by atoms with Crippen molar-refractivity contribution in [1.29, 1.82) is 0 Å². The smallest absolute Gasteiger partial charge is 0.335 e. The Bertz CT molecular complexity index is 141. The Morgan fingerprint density at radius 3 is 2.50 bits per heavy atom. The highest BCUT2D eigenvalue weighted by Gasteiger charge is 2.14. The van der Waals surface area contributed by atoms with Gasteiger partial charge in [0.25, 0.3) is 0 Å². The van der Waals surface area contributed by atoms with Crippen molar-refractivity contribution in [2.45, 2.75) is 12.5 Å². The second kappa shape index (κ2) is 3.84. The van der Waals surface area contributed by atoms with Crippen LogP contribution in [0.5, 0.6) is 0 Å². The molecule has 0 heterocycles. The molecule has 5 heteroatoms. The van der Waals surface area contributed by atoms with Crippen LogP contribution < -0.4 is 5.11 Å². The second-order valence-electron chi connectivity index (χ2n) is 1.62. The molecule has 0 amide bonds. The van der Waals surface area contributed by atoms with Crippen molar-refractivity contribution in [3.05, 3.63) is 0 Å². The third-order valence-corrected chi connectivity index (χ3v) is 0.833. The molecule has 1 atom stereocenters. The number of ether oxygens (including phenoxy) is 1. The zero-order chi connectivity index (χ0) is 8.15. The maximum atomic E-state index is 10.3. The van der Waals surface area contributed by atoms with Gasteiger partial charge in [-0.1, -0.05) is 0 Å². The number of esters is 1. The molecule has 0 aliphatic rings. The SMILES string of the molecule is COC(=O)[C@@H](O)CC(=O)[O-]. The van der Waals surface area contributed by atoms with Crippen LogP contribution >= 0.6 is 0 Å². The van der Waals surface area contributed by atoms with E-state index < -0.39 is 24.5 Å². The molecule has 0 rings (SSSR count). The molecule has 0 saturated carbocycles. The minimum atomic E-state index is -1.62. The summed E-state index contributed by atoms with van der Waals surface area (Å²) >= 11 is 0. The molecule has 0 bridgehead atoms. The summed E-state index contributed by atoms with van der Waals surface area (Å²) in [6.45, 7) is 0. The van der Waals surface area contributed by atoms with Gasteiger partial charge in [0.1, 0.15) is 0 Å². The highest BCUT2D eigenvalue weighted by molar-refractivity contribution is 5.79. The summed E-state index contributed by atoms with van der Waals surface area (Å²) in [5.74, 6) is -2.46. The van der Waals surface area contributed by atoms with Gasteiger partial charge in [-0.15, -0.1) is 0 Å². The van der Waals surface area contributed by atoms with E-state index in [1.807, 2.05) is 0 Å². The van der Waals surface area contributed by atoms with E-state index in [1.165, 1.54) is 0 Å². The molecule has 0 spiro atoms. The van der Waals surface area contributed by atoms with Gasteiger partial charge in [0.2, 0.25) is 0 Å². The van der Waals surface area contributed by atoms with Crippen molar-refractivity contribution in [1.82, 2.24) is 0 Å². The number of rotatable bonds is 3. The molecular weight excluding hydrogens is 140 g/mol. The molecule has 0 aliphatic carbocycles. The number of carbonyl (C=O) groups is 2. The lowest BCUT2D eigenvalue weighted by molar-refractivity contribution is -0.307. The number of aliphatic hydroxyl groups is 1. The van der Waals surface area contributed by atoms with Crippen LogP contribution in [0.15, 0.2) is 0 Å². The van der Waals surface area contributed by atoms with Gasteiger partial charge in [-0.05, 0) is 0 Å². The first kappa shape index (κ1) is 8.90. The number of aliphatic carboxylic acids is 1. The second-order valence-corrected chi connectivity index (χ2v) is 1.62. The summed E-state index contributed by atoms with van der Waals surface area (Å²) in [5, 5.41) is 18.3. The van der Waals surface area contributed by atoms with Crippen molar-refractivity contribution >= 4 is 11.9 Å². The van der Waals surface area contributed by atoms with Crippen LogP contribution in [-0.2, 0) is 14.3 Å². The van der Waals surface area contributed by atoms with Gasteiger partial charge in [-0.25, -0.2) is 4.79 Å². The summed E-state index contributed by atoms with van der Waals surface area (Å²) in [7, 11) is 1.06. The van der Waals surface area contributed by atoms with Gasteiger partial charge < -0.3 is 19.7 Å². The van der Waals surface area contributed by atoms with Crippen LogP contribution in [0, 0.1) is 0 Å². The molecule has 0 aromatic rings. The average Bonchev–Trinajstić information content (AvgIpc) is 1.85. The highest BCUT2D eigenvalue weighted by Crippen LogP contribution is 1.91. The number of carboxylic acid groups (broad SMARTS) is 1. The molecule has 0 saturated heterocycles. The predicted octanol–water partition coefficient (Wildman–Crippen LogP) is -2.34. The van der Waals surface area contributed by atoms with Gasteiger partial charge >= 0.3 is 5.97 Å². The third-order valence-electron chi connectivity index (χ3n) is 0.833. The van der Waals surface area contributed by atoms with Crippen LogP contribution in [0.2, 0.25) is 0 Å². The summed E-state index contributed by atoms with van der Waals surface area (Å²) in [5.41, 5.74) is 0. The number of carboxylic acids is 1. The molecule has 58 valence electrons. The monoisotopic (exact) mass is 147 g/mol. The lowest BCUT2D eigenvalue weighted by Crippen LogP contribution is -2.32. The fourth-order valence-corrected chi connectivity index (χ4v) is 0.377. The quantitative estimate of drug-likeness (QED) is 0.452. The first-order chi connectivity index (χ1) is 4.57. The first-order valence-corrected chi connectivity index (χ1v) is 2.53. The normalized spacial score (nSPS) is 12.2. The van der Waals surface area contributed by atoms with E-state index >= 15 is 0 Å². The van der Waals surface area contributed by atoms with Gasteiger partial charge in [-0.3, -0.25) is 0 Å².